The summed E-state index contributed by atoms with van der Waals surface area (Å²) in [7, 11) is 0. The van der Waals surface area contributed by atoms with E-state index in [-0.39, 0.29) is 38.8 Å². The second-order valence-electron chi connectivity index (χ2n) is 2.76. The van der Waals surface area contributed by atoms with Crippen molar-refractivity contribution in [2.45, 2.75) is 26.7 Å². The molecule has 0 aliphatic rings. The van der Waals surface area contributed by atoms with E-state index >= 15 is 0 Å². The zero-order valence-corrected chi connectivity index (χ0v) is 12.2. The Morgan fingerprint density at radius 1 is 1.21 bits per heavy atom. The fourth-order valence-electron chi connectivity index (χ4n) is 1.22. The van der Waals surface area contributed by atoms with Crippen molar-refractivity contribution in [3.05, 3.63) is 11.6 Å². The summed E-state index contributed by atoms with van der Waals surface area (Å²) in [5.41, 5.74) is -0.0162. The van der Waals surface area contributed by atoms with Gasteiger partial charge in [-0.1, -0.05) is 13.8 Å². The third-order valence-corrected chi connectivity index (χ3v) is 1.95. The van der Waals surface area contributed by atoms with Crippen molar-refractivity contribution >= 4 is 39.2 Å². The van der Waals surface area contributed by atoms with Crippen LogP contribution in [0.5, 0.6) is 0 Å². The van der Waals surface area contributed by atoms with Gasteiger partial charge in [0, 0.05) is 38.9 Å². The summed E-state index contributed by atoms with van der Waals surface area (Å²) in [6.45, 7) is 3.68. The van der Waals surface area contributed by atoms with Crippen molar-refractivity contribution in [1.82, 2.24) is 0 Å². The Morgan fingerprint density at radius 2 is 1.64 bits per heavy atom. The van der Waals surface area contributed by atoms with E-state index in [1.807, 2.05) is 13.8 Å². The first-order chi connectivity index (χ1) is 6.02. The summed E-state index contributed by atoms with van der Waals surface area (Å²) in [5.74, 6) is -2.52. The number of carboxylic acids is 2. The smallest absolute Gasteiger partial charge is 0.332 e. The van der Waals surface area contributed by atoms with Gasteiger partial charge < -0.3 is 10.2 Å². The molecule has 0 atom stereocenters. The van der Waals surface area contributed by atoms with E-state index in [2.05, 4.69) is 0 Å². The molecule has 4 radical (unpaired) electrons. The van der Waals surface area contributed by atoms with E-state index in [1.165, 1.54) is 0 Å². The molecule has 0 aromatic rings. The molecule has 0 saturated heterocycles. The quantitative estimate of drug-likeness (QED) is 0.543. The summed E-state index contributed by atoms with van der Waals surface area (Å²) in [6, 6.07) is 0. The molecule has 78 valence electrons. The van der Waals surface area contributed by atoms with E-state index in [0.717, 1.165) is 6.08 Å². The standard InChI is InChI=1S/C9H14O4.Pb/c1-3-6(4-2)7(9(12)13)5-8(10)11;/h5-6H,3-4H2,1-2H3,(H,10,11)(H,12,13);/b7-5+;. The molecule has 0 bridgehead atoms. The van der Waals surface area contributed by atoms with Crippen molar-refractivity contribution in [2.24, 2.45) is 5.92 Å². The summed E-state index contributed by atoms with van der Waals surface area (Å²) >= 11 is 0. The van der Waals surface area contributed by atoms with Crippen LogP contribution >= 0.6 is 0 Å². The molecule has 0 aromatic carbocycles. The van der Waals surface area contributed by atoms with Gasteiger partial charge in [-0.2, -0.15) is 0 Å². The third-order valence-electron chi connectivity index (χ3n) is 1.95. The summed E-state index contributed by atoms with van der Waals surface area (Å²) < 4.78 is 0. The zero-order chi connectivity index (χ0) is 10.4. The topological polar surface area (TPSA) is 74.6 Å². The largest absolute Gasteiger partial charge is 0.478 e. The third kappa shape index (κ3) is 5.36. The Morgan fingerprint density at radius 3 is 1.86 bits per heavy atom. The molecule has 0 rings (SSSR count). The number of carboxylic acid groups (broad SMARTS) is 2. The Kier molecular flexibility index (Phi) is 9.12. The molecule has 0 spiro atoms. The van der Waals surface area contributed by atoms with Gasteiger partial charge >= 0.3 is 11.9 Å². The van der Waals surface area contributed by atoms with Crippen LogP contribution in [0.25, 0.3) is 0 Å². The zero-order valence-electron chi connectivity index (χ0n) is 8.28. The van der Waals surface area contributed by atoms with Crippen molar-refractivity contribution < 1.29 is 19.8 Å². The number of rotatable bonds is 5. The van der Waals surface area contributed by atoms with Gasteiger partial charge in [-0.15, -0.1) is 0 Å². The Balaban J connectivity index is 0. The monoisotopic (exact) mass is 394 g/mol. The predicted octanol–water partition coefficient (Wildman–Crippen LogP) is 1.14. The van der Waals surface area contributed by atoms with E-state index in [4.69, 9.17) is 10.2 Å². The van der Waals surface area contributed by atoms with Gasteiger partial charge in [-0.3, -0.25) is 0 Å². The molecular weight excluding hydrogens is 379 g/mol. The molecule has 0 aliphatic heterocycles. The minimum Gasteiger partial charge on any atom is -0.478 e. The van der Waals surface area contributed by atoms with Crippen molar-refractivity contribution in [2.75, 3.05) is 0 Å². The summed E-state index contributed by atoms with van der Waals surface area (Å²) in [4.78, 5) is 21.0. The predicted molar refractivity (Wildman–Crippen MR) is 53.2 cm³/mol. The van der Waals surface area contributed by atoms with E-state index in [1.54, 1.807) is 0 Å². The molecule has 0 aromatic heterocycles. The molecule has 0 heterocycles. The normalized spacial score (nSPS) is 10.9. The van der Waals surface area contributed by atoms with E-state index in [0.29, 0.717) is 12.8 Å². The molecule has 0 fully saturated rings. The second kappa shape index (κ2) is 7.96. The van der Waals surface area contributed by atoms with Gasteiger partial charge in [0.25, 0.3) is 0 Å². The Labute approximate surface area is 103 Å². The van der Waals surface area contributed by atoms with Crippen LogP contribution in [0.2, 0.25) is 0 Å². The van der Waals surface area contributed by atoms with Gasteiger partial charge in [0.05, 0.1) is 0 Å². The van der Waals surface area contributed by atoms with Crippen LogP contribution in [0.15, 0.2) is 11.6 Å². The van der Waals surface area contributed by atoms with Gasteiger partial charge in [0.15, 0.2) is 0 Å². The van der Waals surface area contributed by atoms with Crippen LogP contribution in [0.4, 0.5) is 0 Å². The first-order valence-corrected chi connectivity index (χ1v) is 4.20. The van der Waals surface area contributed by atoms with Crippen LogP contribution in [0.3, 0.4) is 0 Å². The SMILES string of the molecule is CCC(CC)/C(=C\C(=O)O)C(=O)O.[Pb]. The maximum absolute atomic E-state index is 10.7. The van der Waals surface area contributed by atoms with Crippen LogP contribution in [-0.2, 0) is 9.59 Å². The van der Waals surface area contributed by atoms with Crippen LogP contribution in [-0.4, -0.2) is 49.5 Å². The van der Waals surface area contributed by atoms with Crippen LogP contribution in [0.1, 0.15) is 26.7 Å². The molecular formula is C9H14O4Pb. The molecule has 14 heavy (non-hydrogen) atoms. The van der Waals surface area contributed by atoms with Crippen molar-refractivity contribution in [1.29, 1.82) is 0 Å². The Hall–Kier alpha value is -0.398. The van der Waals surface area contributed by atoms with Gasteiger partial charge in [0.1, 0.15) is 0 Å². The average molecular weight is 393 g/mol. The summed E-state index contributed by atoms with van der Waals surface area (Å²) in [6.07, 6.45) is 2.06. The fraction of sp³-hybridized carbons (Fsp3) is 0.556. The van der Waals surface area contributed by atoms with Gasteiger partial charge in [-0.25, -0.2) is 9.59 Å². The minimum atomic E-state index is -1.20. The first kappa shape index (κ1) is 16.0. The number of hydrogen-bond acceptors (Lipinski definition) is 2. The molecule has 2 N–H and O–H groups in total. The van der Waals surface area contributed by atoms with E-state index < -0.39 is 11.9 Å². The van der Waals surface area contributed by atoms with Gasteiger partial charge in [0.2, 0.25) is 0 Å². The van der Waals surface area contributed by atoms with Crippen LogP contribution in [0, 0.1) is 5.92 Å². The fourth-order valence-corrected chi connectivity index (χ4v) is 1.22. The average Bonchev–Trinajstić information content (AvgIpc) is 2.04. The maximum atomic E-state index is 10.7. The van der Waals surface area contributed by atoms with Crippen molar-refractivity contribution in [3.63, 3.8) is 0 Å². The van der Waals surface area contributed by atoms with Crippen molar-refractivity contribution in [3.8, 4) is 0 Å². The second-order valence-corrected chi connectivity index (χ2v) is 2.76. The molecule has 5 heteroatoms. The molecule has 0 unspecified atom stereocenters. The maximum Gasteiger partial charge on any atom is 0.332 e. The molecule has 0 aliphatic carbocycles. The molecule has 0 amide bonds. The van der Waals surface area contributed by atoms with Crippen LogP contribution < -0.4 is 0 Å². The minimum absolute atomic E-state index is 0. The number of hydrogen-bond donors (Lipinski definition) is 2. The molecule has 4 nitrogen and oxygen atoms in total. The van der Waals surface area contributed by atoms with E-state index in [9.17, 15) is 9.59 Å². The number of aliphatic carboxylic acids is 2. The number of carbonyl (C=O) groups is 2. The Bertz CT molecular complexity index is 231. The van der Waals surface area contributed by atoms with Gasteiger partial charge in [-0.05, 0) is 18.8 Å². The summed E-state index contributed by atoms with van der Waals surface area (Å²) in [5, 5.41) is 17.2. The first-order valence-electron chi connectivity index (χ1n) is 4.20. The molecule has 0 saturated carbocycles.